The van der Waals surface area contributed by atoms with Gasteiger partial charge in [-0.2, -0.15) is 0 Å². The van der Waals surface area contributed by atoms with Crippen LogP contribution >= 0.6 is 0 Å². The van der Waals surface area contributed by atoms with Gasteiger partial charge in [-0.05, 0) is 31.4 Å². The third kappa shape index (κ3) is 1.56. The molecule has 85 valence electrons. The van der Waals surface area contributed by atoms with Gasteiger partial charge in [-0.15, -0.1) is 0 Å². The van der Waals surface area contributed by atoms with Gasteiger partial charge in [0.2, 0.25) is 0 Å². The molecule has 3 rings (SSSR count). The minimum Gasteiger partial charge on any atom is -0.276 e. The molecule has 1 saturated carbocycles. The van der Waals surface area contributed by atoms with Crippen molar-refractivity contribution in [2.24, 2.45) is 4.99 Å². The molecule has 2 fully saturated rings. The summed E-state index contributed by atoms with van der Waals surface area (Å²) in [6.45, 7) is 2.40. The quantitative estimate of drug-likeness (QED) is 0.691. The van der Waals surface area contributed by atoms with E-state index in [4.69, 9.17) is 4.99 Å². The minimum atomic E-state index is -0.0851. The molecule has 0 spiro atoms. The Morgan fingerprint density at radius 2 is 1.81 bits per heavy atom. The van der Waals surface area contributed by atoms with Crippen LogP contribution in [0.4, 0.5) is 0 Å². The fourth-order valence-electron chi connectivity index (χ4n) is 2.95. The van der Waals surface area contributed by atoms with Crippen molar-refractivity contribution in [1.29, 1.82) is 0 Å². The smallest absolute Gasteiger partial charge is 0.138 e. The molecule has 1 radical (unpaired) electrons. The van der Waals surface area contributed by atoms with Crippen LogP contribution in [0.5, 0.6) is 0 Å². The zero-order valence-corrected chi connectivity index (χ0v) is 9.73. The summed E-state index contributed by atoms with van der Waals surface area (Å²) in [6, 6.07) is 0. The summed E-state index contributed by atoms with van der Waals surface area (Å²) in [5.74, 6) is 1.63. The fraction of sp³-hybridized carbons (Fsp3) is 0.571. The summed E-state index contributed by atoms with van der Waals surface area (Å²) in [5, 5.41) is 0. The summed E-state index contributed by atoms with van der Waals surface area (Å²) < 4.78 is 0. The molecule has 0 aromatic carbocycles. The summed E-state index contributed by atoms with van der Waals surface area (Å²) in [6.07, 6.45) is 17.1. The fourth-order valence-corrected chi connectivity index (χ4v) is 2.95. The van der Waals surface area contributed by atoms with Crippen molar-refractivity contribution >= 4 is 6.21 Å². The van der Waals surface area contributed by atoms with Gasteiger partial charge < -0.3 is 0 Å². The summed E-state index contributed by atoms with van der Waals surface area (Å²) in [5.41, 5.74) is -0.0851. The van der Waals surface area contributed by atoms with Crippen molar-refractivity contribution < 1.29 is 0 Å². The van der Waals surface area contributed by atoms with Gasteiger partial charge in [-0.3, -0.25) is 9.89 Å². The van der Waals surface area contributed by atoms with Crippen molar-refractivity contribution in [3.05, 3.63) is 30.2 Å². The van der Waals surface area contributed by atoms with Crippen molar-refractivity contribution in [3.8, 4) is 0 Å². The van der Waals surface area contributed by atoms with E-state index in [-0.39, 0.29) is 5.66 Å². The lowest BCUT2D eigenvalue weighted by molar-refractivity contribution is 0.0762. The van der Waals surface area contributed by atoms with Crippen LogP contribution in [-0.4, -0.2) is 29.9 Å². The molecular formula is C14H19N2. The average Bonchev–Trinajstić information content (AvgIpc) is 2.64. The lowest BCUT2D eigenvalue weighted by atomic mass is 9.87. The van der Waals surface area contributed by atoms with Crippen molar-refractivity contribution in [2.75, 3.05) is 13.1 Å². The van der Waals surface area contributed by atoms with Crippen LogP contribution < -0.4 is 0 Å². The zero-order chi connectivity index (χ0) is 10.8. The predicted molar refractivity (Wildman–Crippen MR) is 67.4 cm³/mol. The van der Waals surface area contributed by atoms with Crippen molar-refractivity contribution in [3.63, 3.8) is 0 Å². The first kappa shape index (κ1) is 10.3. The Balaban J connectivity index is 1.92. The highest BCUT2D eigenvalue weighted by Gasteiger charge is 2.45. The monoisotopic (exact) mass is 215 g/mol. The van der Waals surface area contributed by atoms with E-state index in [0.29, 0.717) is 0 Å². The molecule has 0 N–H and O–H groups in total. The lowest BCUT2D eigenvalue weighted by Gasteiger charge is -2.47. The SMILES string of the molecule is C1=CC=NC([C]2CCCC2)(N2CCC2)C=C1. The topological polar surface area (TPSA) is 15.6 Å². The van der Waals surface area contributed by atoms with E-state index >= 15 is 0 Å². The normalized spacial score (nSPS) is 35.2. The number of likely N-dealkylation sites (tertiary alicyclic amines) is 1. The largest absolute Gasteiger partial charge is 0.276 e. The van der Waals surface area contributed by atoms with E-state index < -0.39 is 0 Å². The van der Waals surface area contributed by atoms with E-state index in [9.17, 15) is 0 Å². The van der Waals surface area contributed by atoms with E-state index in [1.54, 1.807) is 5.92 Å². The van der Waals surface area contributed by atoms with Gasteiger partial charge in [-0.25, -0.2) is 0 Å². The molecule has 3 aliphatic rings. The van der Waals surface area contributed by atoms with E-state index in [1.807, 2.05) is 12.3 Å². The zero-order valence-electron chi connectivity index (χ0n) is 9.73. The van der Waals surface area contributed by atoms with Crippen LogP contribution in [0.1, 0.15) is 32.1 Å². The first-order chi connectivity index (χ1) is 7.92. The van der Waals surface area contributed by atoms with Gasteiger partial charge in [0.15, 0.2) is 0 Å². The Morgan fingerprint density at radius 1 is 1.00 bits per heavy atom. The van der Waals surface area contributed by atoms with Gasteiger partial charge in [0.05, 0.1) is 0 Å². The number of hydrogen-bond donors (Lipinski definition) is 0. The minimum absolute atomic E-state index is 0.0851. The molecule has 2 nitrogen and oxygen atoms in total. The maximum Gasteiger partial charge on any atom is 0.138 e. The van der Waals surface area contributed by atoms with Gasteiger partial charge in [0.25, 0.3) is 0 Å². The molecule has 1 unspecified atom stereocenters. The third-order valence-electron chi connectivity index (χ3n) is 3.97. The highest BCUT2D eigenvalue weighted by molar-refractivity contribution is 5.73. The Bertz CT molecular complexity index is 315. The van der Waals surface area contributed by atoms with Crippen molar-refractivity contribution in [1.82, 2.24) is 4.90 Å². The van der Waals surface area contributed by atoms with Crippen LogP contribution in [0.15, 0.2) is 29.3 Å². The molecule has 0 aromatic heterocycles. The first-order valence-corrected chi connectivity index (χ1v) is 6.42. The van der Waals surface area contributed by atoms with Crippen LogP contribution in [0, 0.1) is 5.92 Å². The van der Waals surface area contributed by atoms with Crippen LogP contribution in [0.2, 0.25) is 0 Å². The molecule has 1 saturated heterocycles. The summed E-state index contributed by atoms with van der Waals surface area (Å²) in [4.78, 5) is 7.37. The maximum atomic E-state index is 4.85. The molecule has 2 aliphatic heterocycles. The van der Waals surface area contributed by atoms with Gasteiger partial charge in [0.1, 0.15) is 5.66 Å². The molecule has 1 aliphatic carbocycles. The molecule has 0 amide bonds. The lowest BCUT2D eigenvalue weighted by Crippen LogP contribution is -2.56. The van der Waals surface area contributed by atoms with Crippen LogP contribution in [0.25, 0.3) is 0 Å². The first-order valence-electron chi connectivity index (χ1n) is 6.42. The number of nitrogens with zero attached hydrogens (tertiary/aromatic N) is 2. The summed E-state index contributed by atoms with van der Waals surface area (Å²) in [7, 11) is 0. The average molecular weight is 215 g/mol. The molecule has 2 heterocycles. The second-order valence-corrected chi connectivity index (χ2v) is 4.90. The second kappa shape index (κ2) is 4.17. The molecule has 1 atom stereocenters. The van der Waals surface area contributed by atoms with Gasteiger partial charge in [-0.1, -0.05) is 25.0 Å². The molecule has 0 bridgehead atoms. The summed E-state index contributed by atoms with van der Waals surface area (Å²) >= 11 is 0. The van der Waals surface area contributed by atoms with Crippen molar-refractivity contribution in [2.45, 2.75) is 37.8 Å². The van der Waals surface area contributed by atoms with Crippen LogP contribution in [0.3, 0.4) is 0 Å². The van der Waals surface area contributed by atoms with Gasteiger partial charge in [0, 0.05) is 25.2 Å². The standard InChI is InChI=1S/C14H19N2/c1-4-9-14(15-10-5-1,16-11-6-12-16)13-7-2-3-8-13/h1,4-5,9-10H,2-3,6-8,11-12H2. The highest BCUT2D eigenvalue weighted by atomic mass is 15.3. The third-order valence-corrected chi connectivity index (χ3v) is 3.97. The Hall–Kier alpha value is -0.890. The predicted octanol–water partition coefficient (Wildman–Crippen LogP) is 2.73. The number of aliphatic imine (C=N–C) groups is 1. The Kier molecular flexibility index (Phi) is 2.68. The number of hydrogen-bond acceptors (Lipinski definition) is 2. The Morgan fingerprint density at radius 3 is 2.50 bits per heavy atom. The molecule has 16 heavy (non-hydrogen) atoms. The molecule has 0 aromatic rings. The Labute approximate surface area is 97.7 Å². The van der Waals surface area contributed by atoms with Gasteiger partial charge >= 0.3 is 0 Å². The highest BCUT2D eigenvalue weighted by Crippen LogP contribution is 2.43. The van der Waals surface area contributed by atoms with E-state index in [2.05, 4.69) is 23.1 Å². The second-order valence-electron chi connectivity index (χ2n) is 4.90. The number of allylic oxidation sites excluding steroid dienone is 3. The number of rotatable bonds is 2. The van der Waals surface area contributed by atoms with E-state index in [1.165, 1.54) is 45.2 Å². The molecular weight excluding hydrogens is 196 g/mol. The van der Waals surface area contributed by atoms with E-state index in [0.717, 1.165) is 0 Å². The molecule has 2 heteroatoms. The maximum absolute atomic E-state index is 4.85. The van der Waals surface area contributed by atoms with Crippen LogP contribution in [-0.2, 0) is 0 Å².